The molecule has 0 aromatic heterocycles. The molecule has 10 heavy (non-hydrogen) atoms. The maximum atomic E-state index is 10.4. The minimum Gasteiger partial charge on any atom is -0.480 e. The monoisotopic (exact) mass is 144 g/mol. The van der Waals surface area contributed by atoms with E-state index >= 15 is 0 Å². The molecular weight excluding hydrogens is 136 g/mol. The van der Waals surface area contributed by atoms with Crippen molar-refractivity contribution in [3.63, 3.8) is 0 Å². The number of carboxylic acids is 1. The van der Waals surface area contributed by atoms with E-state index in [4.69, 9.17) is 10.5 Å². The second kappa shape index (κ2) is 3.60. The molecule has 0 aliphatic rings. The highest BCUT2D eigenvalue weighted by Gasteiger charge is 2.03. The van der Waals surface area contributed by atoms with Crippen molar-refractivity contribution in [2.75, 3.05) is 6.54 Å². The molecule has 0 aromatic rings. The average molecular weight is 144 g/mol. The number of carboxylic acid groups (broad SMARTS) is 1. The standard InChI is InChI=1S/C5H8N2O3/c1-3(6)5(10)7-2-4(8)9/h6H,2H2,1H3,(H,7,10)(H,8,9). The summed E-state index contributed by atoms with van der Waals surface area (Å²) in [6.07, 6.45) is 0. The number of amides is 1. The van der Waals surface area contributed by atoms with Crippen molar-refractivity contribution in [2.24, 2.45) is 0 Å². The van der Waals surface area contributed by atoms with E-state index in [9.17, 15) is 9.59 Å². The number of nitrogens with one attached hydrogen (secondary N) is 2. The molecule has 5 nitrogen and oxygen atoms in total. The largest absolute Gasteiger partial charge is 0.480 e. The molecule has 0 atom stereocenters. The van der Waals surface area contributed by atoms with Gasteiger partial charge in [0.05, 0.1) is 5.71 Å². The van der Waals surface area contributed by atoms with Crippen LogP contribution in [0.3, 0.4) is 0 Å². The third-order valence-electron chi connectivity index (χ3n) is 0.741. The topological polar surface area (TPSA) is 90.3 Å². The molecule has 3 N–H and O–H groups in total. The van der Waals surface area contributed by atoms with Gasteiger partial charge in [0.15, 0.2) is 0 Å². The van der Waals surface area contributed by atoms with Crippen LogP contribution in [0.15, 0.2) is 0 Å². The SMILES string of the molecule is CC(=N)C(=O)NCC(=O)O. The van der Waals surface area contributed by atoms with Crippen LogP contribution in [0.2, 0.25) is 0 Å². The van der Waals surface area contributed by atoms with Gasteiger partial charge >= 0.3 is 5.97 Å². The molecule has 1 amide bonds. The minimum atomic E-state index is -1.12. The first-order valence-electron chi connectivity index (χ1n) is 2.59. The molecule has 0 heterocycles. The number of carbonyl (C=O) groups is 2. The predicted molar refractivity (Wildman–Crippen MR) is 34.0 cm³/mol. The number of rotatable bonds is 3. The van der Waals surface area contributed by atoms with Gasteiger partial charge in [0.1, 0.15) is 6.54 Å². The summed E-state index contributed by atoms with van der Waals surface area (Å²) in [4.78, 5) is 20.3. The molecule has 0 fully saturated rings. The van der Waals surface area contributed by atoms with Crippen molar-refractivity contribution in [2.45, 2.75) is 6.92 Å². The van der Waals surface area contributed by atoms with Crippen LogP contribution in [0.4, 0.5) is 0 Å². The van der Waals surface area contributed by atoms with Gasteiger partial charge in [-0.1, -0.05) is 0 Å². The Bertz CT molecular complexity index is 176. The Balaban J connectivity index is 3.60. The predicted octanol–water partition coefficient (Wildman–Crippen LogP) is -0.773. The normalized spacial score (nSPS) is 8.50. The van der Waals surface area contributed by atoms with Crippen molar-refractivity contribution in [3.8, 4) is 0 Å². The molecule has 5 heteroatoms. The smallest absolute Gasteiger partial charge is 0.322 e. The number of carbonyl (C=O) groups excluding carboxylic acids is 1. The lowest BCUT2D eigenvalue weighted by Gasteiger charge is -1.97. The fraction of sp³-hybridized carbons (Fsp3) is 0.400. The van der Waals surface area contributed by atoms with Gasteiger partial charge in [-0.25, -0.2) is 0 Å². The molecule has 0 radical (unpaired) electrons. The summed E-state index contributed by atoms with van der Waals surface area (Å²) in [6, 6.07) is 0. The van der Waals surface area contributed by atoms with Crippen molar-refractivity contribution in [1.82, 2.24) is 5.32 Å². The van der Waals surface area contributed by atoms with Crippen LogP contribution in [0.25, 0.3) is 0 Å². The molecule has 0 saturated heterocycles. The third-order valence-corrected chi connectivity index (χ3v) is 0.741. The molecular formula is C5H8N2O3. The Hall–Kier alpha value is -1.39. The second-order valence-electron chi connectivity index (χ2n) is 1.70. The number of hydrogen-bond donors (Lipinski definition) is 3. The van der Waals surface area contributed by atoms with Gasteiger partial charge in [0.2, 0.25) is 0 Å². The first-order valence-corrected chi connectivity index (χ1v) is 2.59. The lowest BCUT2D eigenvalue weighted by molar-refractivity contribution is -0.137. The molecule has 0 spiro atoms. The lowest BCUT2D eigenvalue weighted by atomic mass is 10.4. The quantitative estimate of drug-likeness (QED) is 0.454. The van der Waals surface area contributed by atoms with Gasteiger partial charge in [-0.05, 0) is 6.92 Å². The molecule has 0 aliphatic heterocycles. The Labute approximate surface area is 57.6 Å². The van der Waals surface area contributed by atoms with Crippen molar-refractivity contribution in [1.29, 1.82) is 5.41 Å². The highest BCUT2D eigenvalue weighted by Crippen LogP contribution is 1.69. The lowest BCUT2D eigenvalue weighted by Crippen LogP contribution is -2.33. The Morgan fingerprint density at radius 3 is 2.40 bits per heavy atom. The van der Waals surface area contributed by atoms with E-state index < -0.39 is 18.4 Å². The van der Waals surface area contributed by atoms with E-state index in [0.717, 1.165) is 0 Å². The van der Waals surface area contributed by atoms with Crippen molar-refractivity contribution in [3.05, 3.63) is 0 Å². The van der Waals surface area contributed by atoms with E-state index in [1.807, 2.05) is 5.32 Å². The highest BCUT2D eigenvalue weighted by atomic mass is 16.4. The summed E-state index contributed by atoms with van der Waals surface area (Å²) < 4.78 is 0. The van der Waals surface area contributed by atoms with Crippen LogP contribution in [-0.2, 0) is 9.59 Å². The van der Waals surface area contributed by atoms with Crippen LogP contribution in [0.5, 0.6) is 0 Å². The Morgan fingerprint density at radius 2 is 2.10 bits per heavy atom. The number of hydrogen-bond acceptors (Lipinski definition) is 3. The Kier molecular flexibility index (Phi) is 3.10. The van der Waals surface area contributed by atoms with Gasteiger partial charge < -0.3 is 10.4 Å². The zero-order valence-electron chi connectivity index (χ0n) is 5.47. The molecule has 0 rings (SSSR count). The van der Waals surface area contributed by atoms with Gasteiger partial charge in [0, 0.05) is 0 Å². The van der Waals surface area contributed by atoms with Gasteiger partial charge in [-0.3, -0.25) is 15.0 Å². The van der Waals surface area contributed by atoms with Crippen LogP contribution >= 0.6 is 0 Å². The van der Waals surface area contributed by atoms with E-state index in [2.05, 4.69) is 0 Å². The molecule has 0 unspecified atom stereocenters. The molecule has 0 bridgehead atoms. The molecule has 0 saturated carbocycles. The first kappa shape index (κ1) is 8.61. The zero-order chi connectivity index (χ0) is 8.15. The van der Waals surface area contributed by atoms with Gasteiger partial charge in [-0.2, -0.15) is 0 Å². The van der Waals surface area contributed by atoms with Crippen molar-refractivity contribution >= 4 is 17.6 Å². The molecule has 0 aliphatic carbocycles. The number of aliphatic carboxylic acids is 1. The van der Waals surface area contributed by atoms with Crippen LogP contribution in [0.1, 0.15) is 6.92 Å². The average Bonchev–Trinajstić information content (AvgIpc) is 1.82. The van der Waals surface area contributed by atoms with Crippen LogP contribution in [-0.4, -0.2) is 29.2 Å². The van der Waals surface area contributed by atoms with E-state index in [1.54, 1.807) is 0 Å². The summed E-state index contributed by atoms with van der Waals surface area (Å²) in [5.74, 6) is -1.77. The first-order chi connectivity index (χ1) is 4.54. The second-order valence-corrected chi connectivity index (χ2v) is 1.70. The van der Waals surface area contributed by atoms with E-state index in [-0.39, 0.29) is 5.71 Å². The Morgan fingerprint density at radius 1 is 1.60 bits per heavy atom. The zero-order valence-corrected chi connectivity index (χ0v) is 5.47. The maximum Gasteiger partial charge on any atom is 0.322 e. The summed E-state index contributed by atoms with van der Waals surface area (Å²) in [5.41, 5.74) is -0.193. The van der Waals surface area contributed by atoms with Gasteiger partial charge in [-0.15, -0.1) is 0 Å². The molecule has 56 valence electrons. The van der Waals surface area contributed by atoms with Crippen molar-refractivity contribution < 1.29 is 14.7 Å². The maximum absolute atomic E-state index is 10.4. The summed E-state index contributed by atoms with van der Waals surface area (Å²) >= 11 is 0. The molecule has 0 aromatic carbocycles. The van der Waals surface area contributed by atoms with Crippen LogP contribution in [0, 0.1) is 5.41 Å². The third kappa shape index (κ3) is 3.59. The highest BCUT2D eigenvalue weighted by molar-refractivity contribution is 6.36. The summed E-state index contributed by atoms with van der Waals surface area (Å²) in [6.45, 7) is 0.853. The van der Waals surface area contributed by atoms with E-state index in [1.165, 1.54) is 6.92 Å². The summed E-state index contributed by atoms with van der Waals surface area (Å²) in [5, 5.41) is 16.8. The minimum absolute atomic E-state index is 0.193. The fourth-order valence-electron chi connectivity index (χ4n) is 0.288. The van der Waals surface area contributed by atoms with Crippen LogP contribution < -0.4 is 5.32 Å². The summed E-state index contributed by atoms with van der Waals surface area (Å²) in [7, 11) is 0. The van der Waals surface area contributed by atoms with Gasteiger partial charge in [0.25, 0.3) is 5.91 Å². The fourth-order valence-corrected chi connectivity index (χ4v) is 0.288. The van der Waals surface area contributed by atoms with E-state index in [0.29, 0.717) is 0 Å².